The Hall–Kier alpha value is -1.67. The van der Waals surface area contributed by atoms with E-state index in [4.69, 9.17) is 4.74 Å². The van der Waals surface area contributed by atoms with Crippen LogP contribution in [0.3, 0.4) is 0 Å². The second-order valence-electron chi connectivity index (χ2n) is 4.08. The van der Waals surface area contributed by atoms with Crippen LogP contribution in [-0.4, -0.2) is 55.2 Å². The van der Waals surface area contributed by atoms with E-state index in [1.54, 1.807) is 4.90 Å². The molecule has 1 aromatic rings. The molecule has 0 bridgehead atoms. The lowest BCUT2D eigenvalue weighted by atomic mass is 10.3. The Morgan fingerprint density at radius 1 is 1.35 bits per heavy atom. The number of carbonyl (C=O) groups is 2. The van der Waals surface area contributed by atoms with Crippen LogP contribution < -0.4 is 10.1 Å². The van der Waals surface area contributed by atoms with Crippen molar-refractivity contribution in [2.75, 3.05) is 33.3 Å². The second-order valence-corrected chi connectivity index (χ2v) is 4.83. The van der Waals surface area contributed by atoms with Crippen molar-refractivity contribution in [3.8, 4) is 5.75 Å². The average molecular weight is 344 g/mol. The number of pyridine rings is 1. The van der Waals surface area contributed by atoms with Crippen molar-refractivity contribution in [2.24, 2.45) is 0 Å². The topological polar surface area (TPSA) is 80.8 Å². The van der Waals surface area contributed by atoms with Crippen molar-refractivity contribution in [1.82, 2.24) is 15.2 Å². The molecule has 0 aliphatic carbocycles. The van der Waals surface area contributed by atoms with Gasteiger partial charge < -0.3 is 19.7 Å². The number of methoxy groups -OCH3 is 1. The maximum Gasteiger partial charge on any atom is 0.415 e. The lowest BCUT2D eigenvalue weighted by Gasteiger charge is -2.26. The molecule has 2 heterocycles. The summed E-state index contributed by atoms with van der Waals surface area (Å²) in [7, 11) is 1.27. The number of esters is 1. The Morgan fingerprint density at radius 3 is 2.65 bits per heavy atom. The summed E-state index contributed by atoms with van der Waals surface area (Å²) in [6.45, 7) is 2.69. The number of carbonyl (C=O) groups excluding carboxylic acids is 2. The van der Waals surface area contributed by atoms with Gasteiger partial charge in [-0.25, -0.2) is 14.6 Å². The van der Waals surface area contributed by atoms with E-state index < -0.39 is 12.1 Å². The van der Waals surface area contributed by atoms with Gasteiger partial charge in [0.2, 0.25) is 0 Å². The molecule has 0 saturated carbocycles. The van der Waals surface area contributed by atoms with Gasteiger partial charge >= 0.3 is 12.1 Å². The SMILES string of the molecule is COC(=O)c1ccc(OC(=O)N2CCNCC2)c(Br)n1. The van der Waals surface area contributed by atoms with E-state index in [-0.39, 0.29) is 16.0 Å². The first-order valence-electron chi connectivity index (χ1n) is 6.04. The average Bonchev–Trinajstić information content (AvgIpc) is 2.49. The molecule has 0 spiro atoms. The minimum Gasteiger partial charge on any atom is -0.464 e. The highest BCUT2D eigenvalue weighted by molar-refractivity contribution is 9.10. The fraction of sp³-hybridized carbons (Fsp3) is 0.417. The van der Waals surface area contributed by atoms with E-state index in [2.05, 4.69) is 31.0 Å². The molecule has 20 heavy (non-hydrogen) atoms. The van der Waals surface area contributed by atoms with Gasteiger partial charge in [0.1, 0.15) is 10.3 Å². The lowest BCUT2D eigenvalue weighted by molar-refractivity contribution is 0.0594. The number of hydrogen-bond acceptors (Lipinski definition) is 6. The molecule has 1 fully saturated rings. The molecular weight excluding hydrogens is 330 g/mol. The molecule has 1 amide bonds. The monoisotopic (exact) mass is 343 g/mol. The number of hydrogen-bond donors (Lipinski definition) is 1. The van der Waals surface area contributed by atoms with Gasteiger partial charge in [0, 0.05) is 26.2 Å². The van der Waals surface area contributed by atoms with Crippen molar-refractivity contribution in [3.05, 3.63) is 22.4 Å². The fourth-order valence-electron chi connectivity index (χ4n) is 1.72. The summed E-state index contributed by atoms with van der Waals surface area (Å²) in [6, 6.07) is 2.94. The van der Waals surface area contributed by atoms with Crippen LogP contribution in [-0.2, 0) is 4.74 Å². The summed E-state index contributed by atoms with van der Waals surface area (Å²) < 4.78 is 10.1. The quantitative estimate of drug-likeness (QED) is 0.638. The number of nitrogens with one attached hydrogen (secondary N) is 1. The van der Waals surface area contributed by atoms with Crippen LogP contribution >= 0.6 is 15.9 Å². The zero-order chi connectivity index (χ0) is 14.5. The predicted molar refractivity (Wildman–Crippen MR) is 73.7 cm³/mol. The number of aromatic nitrogens is 1. The Bertz CT molecular complexity index is 517. The second kappa shape index (κ2) is 6.67. The Morgan fingerprint density at radius 2 is 2.05 bits per heavy atom. The summed E-state index contributed by atoms with van der Waals surface area (Å²) in [5.41, 5.74) is 0.140. The van der Waals surface area contributed by atoms with E-state index in [9.17, 15) is 9.59 Å². The van der Waals surface area contributed by atoms with Gasteiger partial charge in [-0.1, -0.05) is 0 Å². The predicted octanol–water partition coefficient (Wildman–Crippen LogP) is 1.03. The van der Waals surface area contributed by atoms with Crippen LogP contribution in [0.25, 0.3) is 0 Å². The molecule has 108 valence electrons. The fourth-order valence-corrected chi connectivity index (χ4v) is 2.13. The molecule has 1 aromatic heterocycles. The zero-order valence-corrected chi connectivity index (χ0v) is 12.5. The molecule has 1 N–H and O–H groups in total. The van der Waals surface area contributed by atoms with Crippen LogP contribution in [0, 0.1) is 0 Å². The summed E-state index contributed by atoms with van der Waals surface area (Å²) in [4.78, 5) is 28.8. The number of rotatable bonds is 2. The lowest BCUT2D eigenvalue weighted by Crippen LogP contribution is -2.47. The van der Waals surface area contributed by atoms with Crippen molar-refractivity contribution in [1.29, 1.82) is 0 Å². The van der Waals surface area contributed by atoms with E-state index in [0.717, 1.165) is 13.1 Å². The molecule has 7 nitrogen and oxygen atoms in total. The molecule has 8 heteroatoms. The maximum absolute atomic E-state index is 11.9. The highest BCUT2D eigenvalue weighted by Crippen LogP contribution is 2.23. The minimum atomic E-state index is -0.550. The first kappa shape index (κ1) is 14.7. The van der Waals surface area contributed by atoms with Crippen LogP contribution in [0.15, 0.2) is 16.7 Å². The van der Waals surface area contributed by atoms with E-state index in [0.29, 0.717) is 13.1 Å². The third kappa shape index (κ3) is 3.45. The first-order valence-corrected chi connectivity index (χ1v) is 6.83. The van der Waals surface area contributed by atoms with Gasteiger partial charge in [0.15, 0.2) is 5.75 Å². The van der Waals surface area contributed by atoms with Crippen molar-refractivity contribution < 1.29 is 19.1 Å². The third-order valence-electron chi connectivity index (χ3n) is 2.78. The maximum atomic E-state index is 11.9. The zero-order valence-electron chi connectivity index (χ0n) is 10.9. The highest BCUT2D eigenvalue weighted by atomic mass is 79.9. The molecule has 0 unspecified atom stereocenters. The molecule has 0 radical (unpaired) electrons. The van der Waals surface area contributed by atoms with Crippen molar-refractivity contribution in [3.63, 3.8) is 0 Å². The molecule has 2 rings (SSSR count). The van der Waals surface area contributed by atoms with E-state index >= 15 is 0 Å². The Kier molecular flexibility index (Phi) is 4.91. The smallest absolute Gasteiger partial charge is 0.415 e. The highest BCUT2D eigenvalue weighted by Gasteiger charge is 2.20. The summed E-state index contributed by atoms with van der Waals surface area (Å²) >= 11 is 3.17. The minimum absolute atomic E-state index is 0.140. The molecule has 0 aromatic carbocycles. The van der Waals surface area contributed by atoms with Gasteiger partial charge in [-0.05, 0) is 28.1 Å². The Balaban J connectivity index is 2.05. The van der Waals surface area contributed by atoms with E-state index in [1.807, 2.05) is 0 Å². The third-order valence-corrected chi connectivity index (χ3v) is 3.35. The Labute approximate surface area is 124 Å². The molecule has 0 atom stereocenters. The van der Waals surface area contributed by atoms with Crippen molar-refractivity contribution >= 4 is 28.0 Å². The van der Waals surface area contributed by atoms with Gasteiger partial charge in [0.25, 0.3) is 0 Å². The van der Waals surface area contributed by atoms with Crippen LogP contribution in [0.1, 0.15) is 10.5 Å². The molecule has 1 aliphatic rings. The van der Waals surface area contributed by atoms with Gasteiger partial charge in [-0.2, -0.15) is 0 Å². The molecule has 1 aliphatic heterocycles. The number of ether oxygens (including phenoxy) is 2. The number of halogens is 1. The van der Waals surface area contributed by atoms with Gasteiger partial charge in [-0.15, -0.1) is 0 Å². The summed E-state index contributed by atoms with van der Waals surface area (Å²) in [5.74, 6) is -0.285. The first-order chi connectivity index (χ1) is 9.61. The largest absolute Gasteiger partial charge is 0.464 e. The van der Waals surface area contributed by atoms with Crippen LogP contribution in [0.5, 0.6) is 5.75 Å². The molecular formula is C12H14BrN3O4. The van der Waals surface area contributed by atoms with Crippen LogP contribution in [0.2, 0.25) is 0 Å². The number of amides is 1. The van der Waals surface area contributed by atoms with Crippen molar-refractivity contribution in [2.45, 2.75) is 0 Å². The van der Waals surface area contributed by atoms with Crippen LogP contribution in [0.4, 0.5) is 4.79 Å². The van der Waals surface area contributed by atoms with Gasteiger partial charge in [0.05, 0.1) is 7.11 Å². The van der Waals surface area contributed by atoms with Gasteiger partial charge in [-0.3, -0.25) is 0 Å². The number of piperazine rings is 1. The number of nitrogens with zero attached hydrogens (tertiary/aromatic N) is 2. The normalized spacial score (nSPS) is 14.8. The molecule has 1 saturated heterocycles. The summed E-state index contributed by atoms with van der Waals surface area (Å²) in [5, 5.41) is 3.15. The summed E-state index contributed by atoms with van der Waals surface area (Å²) in [6.07, 6.45) is -0.431. The van der Waals surface area contributed by atoms with E-state index in [1.165, 1.54) is 19.2 Å². The standard InChI is InChI=1S/C12H14BrN3O4/c1-19-11(17)8-2-3-9(10(13)15-8)20-12(18)16-6-4-14-5-7-16/h2-3,14H,4-7H2,1H3.